The number of fused-ring (bicyclic) bond motifs is 9. The van der Waals surface area contributed by atoms with Gasteiger partial charge in [0.2, 0.25) is 0 Å². The Morgan fingerprint density at radius 3 is 1.50 bits per heavy atom. The van der Waals surface area contributed by atoms with E-state index in [-0.39, 0.29) is 0 Å². The minimum atomic E-state index is 1.21. The molecule has 0 aliphatic rings. The van der Waals surface area contributed by atoms with E-state index >= 15 is 0 Å². The maximum atomic E-state index is 2.50. The second-order valence-electron chi connectivity index (χ2n) is 10.6. The monoisotopic (exact) mass is 481 g/mol. The Labute approximate surface area is 219 Å². The van der Waals surface area contributed by atoms with E-state index in [1.54, 1.807) is 0 Å². The molecule has 0 saturated heterocycles. The Balaban J connectivity index is 1.50. The van der Waals surface area contributed by atoms with Gasteiger partial charge in [-0.25, -0.2) is 0 Å². The Bertz CT molecular complexity index is 2370. The molecule has 0 saturated carbocycles. The van der Waals surface area contributed by atoms with Gasteiger partial charge in [0.15, 0.2) is 0 Å². The average Bonchev–Trinajstić information content (AvgIpc) is 3.34. The van der Waals surface area contributed by atoms with E-state index in [0.29, 0.717) is 0 Å². The number of aryl methyl sites for hydroxylation is 1. The Kier molecular flexibility index (Phi) is 3.78. The van der Waals surface area contributed by atoms with Gasteiger partial charge in [-0.3, -0.25) is 0 Å². The molecule has 0 radical (unpaired) electrons. The molecule has 0 bridgehead atoms. The first kappa shape index (κ1) is 20.2. The van der Waals surface area contributed by atoms with Crippen LogP contribution in [0.15, 0.2) is 121 Å². The van der Waals surface area contributed by atoms with Crippen molar-refractivity contribution in [1.82, 2.24) is 4.57 Å². The summed E-state index contributed by atoms with van der Waals surface area (Å²) in [5, 5.41) is 15.9. The third kappa shape index (κ3) is 2.42. The summed E-state index contributed by atoms with van der Waals surface area (Å²) in [5.41, 5.74) is 5.09. The van der Waals surface area contributed by atoms with Gasteiger partial charge < -0.3 is 4.57 Å². The maximum Gasteiger partial charge on any atom is 0.0576 e. The second-order valence-corrected chi connectivity index (χ2v) is 10.6. The highest BCUT2D eigenvalue weighted by atomic mass is 15.0. The Morgan fingerprint density at radius 1 is 0.395 bits per heavy atom. The minimum Gasteiger partial charge on any atom is -0.309 e. The molecule has 0 N–H and O–H groups in total. The number of nitrogens with zero attached hydrogens (tertiary/aromatic N) is 1. The van der Waals surface area contributed by atoms with Gasteiger partial charge in [-0.15, -0.1) is 0 Å². The summed E-state index contributed by atoms with van der Waals surface area (Å²) in [5.74, 6) is 0. The van der Waals surface area contributed by atoms with Crippen molar-refractivity contribution in [2.75, 3.05) is 0 Å². The molecule has 0 aliphatic heterocycles. The molecule has 0 spiro atoms. The van der Waals surface area contributed by atoms with E-state index in [9.17, 15) is 0 Å². The van der Waals surface area contributed by atoms with E-state index in [1.165, 1.54) is 86.9 Å². The van der Waals surface area contributed by atoms with Crippen molar-refractivity contribution in [3.05, 3.63) is 127 Å². The first-order valence-electron chi connectivity index (χ1n) is 13.3. The molecular formula is C37H23N. The molecule has 0 unspecified atom stereocenters. The molecule has 176 valence electrons. The van der Waals surface area contributed by atoms with Crippen LogP contribution in [0.1, 0.15) is 5.56 Å². The van der Waals surface area contributed by atoms with Gasteiger partial charge in [0, 0.05) is 16.5 Å². The minimum absolute atomic E-state index is 1.21. The van der Waals surface area contributed by atoms with Crippen molar-refractivity contribution in [3.8, 4) is 5.69 Å². The van der Waals surface area contributed by atoms with Gasteiger partial charge in [-0.2, -0.15) is 0 Å². The van der Waals surface area contributed by atoms with Gasteiger partial charge in [0.05, 0.1) is 11.0 Å². The van der Waals surface area contributed by atoms with E-state index in [1.807, 2.05) is 0 Å². The summed E-state index contributed by atoms with van der Waals surface area (Å²) in [6.45, 7) is 2.25. The van der Waals surface area contributed by atoms with Crippen molar-refractivity contribution >= 4 is 75.7 Å². The molecule has 9 rings (SSSR count). The molecule has 0 aliphatic carbocycles. The van der Waals surface area contributed by atoms with Crippen LogP contribution in [-0.2, 0) is 0 Å². The smallest absolute Gasteiger partial charge is 0.0576 e. The Hall–Kier alpha value is -4.88. The lowest BCUT2D eigenvalue weighted by molar-refractivity contribution is 1.18. The third-order valence-corrected chi connectivity index (χ3v) is 8.63. The zero-order chi connectivity index (χ0) is 25.0. The molecule has 1 aromatic heterocycles. The number of benzene rings is 8. The van der Waals surface area contributed by atoms with Crippen molar-refractivity contribution in [1.29, 1.82) is 0 Å². The lowest BCUT2D eigenvalue weighted by atomic mass is 9.93. The van der Waals surface area contributed by atoms with Gasteiger partial charge in [0.1, 0.15) is 0 Å². The average molecular weight is 482 g/mol. The van der Waals surface area contributed by atoms with Crippen LogP contribution in [0.25, 0.3) is 81.4 Å². The fourth-order valence-corrected chi connectivity index (χ4v) is 7.05. The highest BCUT2D eigenvalue weighted by Gasteiger charge is 2.21. The first-order valence-corrected chi connectivity index (χ1v) is 13.3. The summed E-state index contributed by atoms with van der Waals surface area (Å²) in [4.78, 5) is 0. The van der Waals surface area contributed by atoms with Crippen LogP contribution in [0, 0.1) is 6.92 Å². The van der Waals surface area contributed by atoms with Crippen molar-refractivity contribution in [2.45, 2.75) is 6.92 Å². The van der Waals surface area contributed by atoms with Crippen LogP contribution < -0.4 is 0 Å². The van der Waals surface area contributed by atoms with Crippen molar-refractivity contribution in [3.63, 3.8) is 0 Å². The molecule has 38 heavy (non-hydrogen) atoms. The van der Waals surface area contributed by atoms with Crippen molar-refractivity contribution < 1.29 is 0 Å². The SMILES string of the molecule is Cc1ccc2c3ccccc3c3cccc4c3c2c1n4-c1ccc2c3ccccc3c3ccccc3c2c1. The van der Waals surface area contributed by atoms with Gasteiger partial charge >= 0.3 is 0 Å². The van der Waals surface area contributed by atoms with E-state index < -0.39 is 0 Å². The maximum absolute atomic E-state index is 2.50. The summed E-state index contributed by atoms with van der Waals surface area (Å²) < 4.78 is 2.50. The summed E-state index contributed by atoms with van der Waals surface area (Å²) in [6, 6.07) is 44.9. The Morgan fingerprint density at radius 2 is 0.868 bits per heavy atom. The fourth-order valence-electron chi connectivity index (χ4n) is 7.05. The lowest BCUT2D eigenvalue weighted by Gasteiger charge is -2.14. The van der Waals surface area contributed by atoms with Gasteiger partial charge in [0.25, 0.3) is 0 Å². The quantitative estimate of drug-likeness (QED) is 0.206. The molecule has 1 heteroatoms. The highest BCUT2D eigenvalue weighted by molar-refractivity contribution is 6.35. The number of hydrogen-bond donors (Lipinski definition) is 0. The topological polar surface area (TPSA) is 4.93 Å². The summed E-state index contributed by atoms with van der Waals surface area (Å²) in [7, 11) is 0. The largest absolute Gasteiger partial charge is 0.309 e. The summed E-state index contributed by atoms with van der Waals surface area (Å²) >= 11 is 0. The van der Waals surface area contributed by atoms with Gasteiger partial charge in [-0.1, -0.05) is 103 Å². The molecule has 1 nitrogen and oxygen atoms in total. The zero-order valence-electron chi connectivity index (χ0n) is 21.0. The normalized spacial score (nSPS) is 12.3. The standard InChI is InChI=1S/C37H23N/c1-22-17-19-32-28-13-6-5-12-27(28)31-15-8-16-34-35(31)36(32)37(22)38(34)23-18-20-30-26-11-3-2-9-24(26)25-10-4-7-14-29(25)33(30)21-23/h2-21H,1H3. The van der Waals surface area contributed by atoms with Crippen LogP contribution >= 0.6 is 0 Å². The molecule has 0 fully saturated rings. The zero-order valence-corrected chi connectivity index (χ0v) is 21.0. The highest BCUT2D eigenvalue weighted by Crippen LogP contribution is 2.45. The molecular weight excluding hydrogens is 458 g/mol. The fraction of sp³-hybridized carbons (Fsp3) is 0.0270. The molecule has 0 atom stereocenters. The molecule has 8 aromatic carbocycles. The van der Waals surface area contributed by atoms with Crippen LogP contribution in [0.3, 0.4) is 0 Å². The molecule has 9 aromatic rings. The number of rotatable bonds is 1. The second kappa shape index (κ2) is 7.12. The van der Waals surface area contributed by atoms with Crippen LogP contribution in [0.5, 0.6) is 0 Å². The van der Waals surface area contributed by atoms with Crippen LogP contribution in [0.4, 0.5) is 0 Å². The van der Waals surface area contributed by atoms with E-state index in [2.05, 4.69) is 133 Å². The van der Waals surface area contributed by atoms with Crippen LogP contribution in [0.2, 0.25) is 0 Å². The molecule has 1 heterocycles. The van der Waals surface area contributed by atoms with Gasteiger partial charge in [-0.05, 0) is 84.5 Å². The van der Waals surface area contributed by atoms with Crippen LogP contribution in [-0.4, -0.2) is 4.57 Å². The van der Waals surface area contributed by atoms with E-state index in [0.717, 1.165) is 0 Å². The van der Waals surface area contributed by atoms with Crippen molar-refractivity contribution in [2.24, 2.45) is 0 Å². The predicted octanol–water partition coefficient (Wildman–Crippen LogP) is 10.3. The number of aromatic nitrogens is 1. The lowest BCUT2D eigenvalue weighted by Crippen LogP contribution is -1.96. The number of hydrogen-bond acceptors (Lipinski definition) is 0. The third-order valence-electron chi connectivity index (χ3n) is 8.63. The predicted molar refractivity (Wildman–Crippen MR) is 164 cm³/mol. The van der Waals surface area contributed by atoms with E-state index in [4.69, 9.17) is 0 Å². The molecule has 0 amide bonds. The summed E-state index contributed by atoms with van der Waals surface area (Å²) in [6.07, 6.45) is 0. The first-order chi connectivity index (χ1) is 18.8.